The van der Waals surface area contributed by atoms with Crippen molar-refractivity contribution in [1.82, 2.24) is 9.55 Å². The van der Waals surface area contributed by atoms with Crippen LogP contribution in [0.15, 0.2) is 4.60 Å². The second-order valence-electron chi connectivity index (χ2n) is 3.02. The van der Waals surface area contributed by atoms with E-state index < -0.39 is 0 Å². The highest BCUT2D eigenvalue weighted by molar-refractivity contribution is 9.10. The molecular weight excluding hydrogens is 220 g/mol. The third-order valence-electron chi connectivity index (χ3n) is 2.19. The Kier molecular flexibility index (Phi) is 1.79. The molecule has 1 aromatic rings. The molecule has 1 aromatic heterocycles. The molecule has 0 N–H and O–H groups in total. The molecule has 2 rings (SSSR count). The minimum Gasteiger partial charge on any atom is -0.324 e. The number of carbonyl (C=O) groups excluding carboxylic acids is 1. The Labute approximate surface area is 78.9 Å². The smallest absolute Gasteiger partial charge is 0.152 e. The number of aryl methyl sites for hydroxylation is 1. The molecule has 0 spiro atoms. The van der Waals surface area contributed by atoms with Crippen LogP contribution in [-0.2, 0) is 17.8 Å². The van der Waals surface area contributed by atoms with Crippen molar-refractivity contribution in [1.29, 1.82) is 0 Å². The predicted molar refractivity (Wildman–Crippen MR) is 48.0 cm³/mol. The number of nitrogens with zero attached hydrogens (tertiary/aromatic N) is 2. The zero-order valence-corrected chi connectivity index (χ0v) is 8.39. The molecule has 4 heteroatoms. The van der Waals surface area contributed by atoms with Gasteiger partial charge < -0.3 is 4.57 Å². The Hall–Kier alpha value is -0.640. The van der Waals surface area contributed by atoms with Crippen molar-refractivity contribution < 1.29 is 4.79 Å². The first-order valence-corrected chi connectivity index (χ1v) is 4.71. The van der Waals surface area contributed by atoms with Crippen molar-refractivity contribution in [3.05, 3.63) is 16.1 Å². The summed E-state index contributed by atoms with van der Waals surface area (Å²) < 4.78 is 2.88. The number of hydrogen-bond acceptors (Lipinski definition) is 2. The maximum Gasteiger partial charge on any atom is 0.152 e. The zero-order valence-electron chi connectivity index (χ0n) is 6.80. The monoisotopic (exact) mass is 228 g/mol. The third kappa shape index (κ3) is 1.10. The van der Waals surface area contributed by atoms with Crippen LogP contribution in [0.1, 0.15) is 17.9 Å². The van der Waals surface area contributed by atoms with E-state index in [9.17, 15) is 4.79 Å². The quantitative estimate of drug-likeness (QED) is 0.675. The van der Waals surface area contributed by atoms with Crippen molar-refractivity contribution in [2.75, 3.05) is 0 Å². The van der Waals surface area contributed by atoms with Gasteiger partial charge in [-0.2, -0.15) is 0 Å². The van der Waals surface area contributed by atoms with Gasteiger partial charge in [-0.1, -0.05) is 0 Å². The lowest BCUT2D eigenvalue weighted by Gasteiger charge is -2.14. The van der Waals surface area contributed by atoms with Crippen LogP contribution in [0.2, 0.25) is 0 Å². The van der Waals surface area contributed by atoms with Crippen LogP contribution in [-0.4, -0.2) is 15.3 Å². The van der Waals surface area contributed by atoms with Crippen LogP contribution in [0, 0.1) is 6.92 Å². The Balaban J connectivity index is 2.51. The lowest BCUT2D eigenvalue weighted by Crippen LogP contribution is -2.20. The number of imidazole rings is 1. The molecule has 1 aliphatic rings. The third-order valence-corrected chi connectivity index (χ3v) is 2.82. The Morgan fingerprint density at radius 3 is 3.00 bits per heavy atom. The van der Waals surface area contributed by atoms with Gasteiger partial charge in [0, 0.05) is 6.42 Å². The van der Waals surface area contributed by atoms with E-state index in [4.69, 9.17) is 0 Å². The van der Waals surface area contributed by atoms with Crippen LogP contribution in [0.5, 0.6) is 0 Å². The van der Waals surface area contributed by atoms with Gasteiger partial charge in [0.1, 0.15) is 10.4 Å². The number of aromatic nitrogens is 2. The topological polar surface area (TPSA) is 34.9 Å². The van der Waals surface area contributed by atoms with E-state index in [1.165, 1.54) is 0 Å². The maximum atomic E-state index is 11.1. The molecule has 0 radical (unpaired) electrons. The normalized spacial score (nSPS) is 16.3. The van der Waals surface area contributed by atoms with Gasteiger partial charge in [-0.05, 0) is 29.3 Å². The van der Waals surface area contributed by atoms with Gasteiger partial charge in [0.2, 0.25) is 0 Å². The highest BCUT2D eigenvalue weighted by atomic mass is 79.9. The summed E-state index contributed by atoms with van der Waals surface area (Å²) in [5, 5.41) is 0. The summed E-state index contributed by atoms with van der Waals surface area (Å²) in [6.45, 7) is 2.42. The average molecular weight is 229 g/mol. The fraction of sp³-hybridized carbons (Fsp3) is 0.500. The van der Waals surface area contributed by atoms with E-state index in [2.05, 4.69) is 20.9 Å². The van der Waals surface area contributed by atoms with Crippen molar-refractivity contribution >= 4 is 21.7 Å². The molecule has 0 amide bonds. The SMILES string of the molecule is Cc1nc(Br)c2n1CC(=O)CC2. The van der Waals surface area contributed by atoms with E-state index in [1.807, 2.05) is 11.5 Å². The molecule has 0 saturated carbocycles. The van der Waals surface area contributed by atoms with E-state index >= 15 is 0 Å². The summed E-state index contributed by atoms with van der Waals surface area (Å²) in [6.07, 6.45) is 1.48. The van der Waals surface area contributed by atoms with E-state index in [-0.39, 0.29) is 0 Å². The molecule has 12 heavy (non-hydrogen) atoms. The molecular formula is C8H9BrN2O. The van der Waals surface area contributed by atoms with Crippen molar-refractivity contribution in [3.63, 3.8) is 0 Å². The molecule has 0 fully saturated rings. The molecule has 0 aromatic carbocycles. The van der Waals surface area contributed by atoms with E-state index in [0.29, 0.717) is 18.7 Å². The van der Waals surface area contributed by atoms with Crippen molar-refractivity contribution in [3.8, 4) is 0 Å². The van der Waals surface area contributed by atoms with Crippen LogP contribution in [0.3, 0.4) is 0 Å². The van der Waals surface area contributed by atoms with Crippen LogP contribution in [0.25, 0.3) is 0 Å². The molecule has 2 heterocycles. The molecule has 0 aliphatic carbocycles. The van der Waals surface area contributed by atoms with Crippen molar-refractivity contribution in [2.45, 2.75) is 26.3 Å². The first-order valence-electron chi connectivity index (χ1n) is 3.91. The Morgan fingerprint density at radius 1 is 1.50 bits per heavy atom. The minimum atomic E-state index is 0.301. The summed E-state index contributed by atoms with van der Waals surface area (Å²) in [5.74, 6) is 1.22. The lowest BCUT2D eigenvalue weighted by atomic mass is 10.1. The highest BCUT2D eigenvalue weighted by Gasteiger charge is 2.20. The van der Waals surface area contributed by atoms with Crippen LogP contribution in [0.4, 0.5) is 0 Å². The van der Waals surface area contributed by atoms with Gasteiger partial charge in [-0.15, -0.1) is 0 Å². The maximum absolute atomic E-state index is 11.1. The largest absolute Gasteiger partial charge is 0.324 e. The average Bonchev–Trinajstić information content (AvgIpc) is 2.28. The molecule has 3 nitrogen and oxygen atoms in total. The number of rotatable bonds is 0. The number of Topliss-reactive ketones (excluding diaryl/α,β-unsaturated/α-hetero) is 1. The lowest BCUT2D eigenvalue weighted by molar-refractivity contribution is -0.120. The fourth-order valence-corrected chi connectivity index (χ4v) is 2.20. The standard InChI is InChI=1S/C8H9BrN2O/c1-5-10-8(9)7-3-2-6(12)4-11(5)7/h2-4H2,1H3. The number of halogens is 1. The number of hydrogen-bond donors (Lipinski definition) is 0. The number of fused-ring (bicyclic) bond motifs is 1. The second-order valence-corrected chi connectivity index (χ2v) is 3.77. The molecule has 0 saturated heterocycles. The molecule has 0 atom stereocenters. The van der Waals surface area contributed by atoms with Gasteiger partial charge in [0.25, 0.3) is 0 Å². The first kappa shape index (κ1) is 7.98. The van der Waals surface area contributed by atoms with E-state index in [0.717, 1.165) is 22.5 Å². The minimum absolute atomic E-state index is 0.301. The van der Waals surface area contributed by atoms with Crippen molar-refractivity contribution in [2.24, 2.45) is 0 Å². The van der Waals surface area contributed by atoms with E-state index in [1.54, 1.807) is 0 Å². The van der Waals surface area contributed by atoms with Gasteiger partial charge in [0.05, 0.1) is 12.2 Å². The second kappa shape index (κ2) is 2.69. The van der Waals surface area contributed by atoms with Gasteiger partial charge in [0.15, 0.2) is 5.78 Å². The van der Waals surface area contributed by atoms with Crippen LogP contribution < -0.4 is 0 Å². The van der Waals surface area contributed by atoms with Gasteiger partial charge in [-0.3, -0.25) is 4.79 Å². The summed E-state index contributed by atoms with van der Waals surface area (Å²) in [6, 6.07) is 0. The molecule has 64 valence electrons. The summed E-state index contributed by atoms with van der Waals surface area (Å²) in [7, 11) is 0. The summed E-state index contributed by atoms with van der Waals surface area (Å²) in [4.78, 5) is 15.4. The highest BCUT2D eigenvalue weighted by Crippen LogP contribution is 2.22. The number of ketones is 1. The molecule has 1 aliphatic heterocycles. The Morgan fingerprint density at radius 2 is 2.25 bits per heavy atom. The van der Waals surface area contributed by atoms with Crippen LogP contribution >= 0.6 is 15.9 Å². The predicted octanol–water partition coefficient (Wildman–Crippen LogP) is 1.47. The summed E-state index contributed by atoms with van der Waals surface area (Å²) >= 11 is 3.38. The molecule has 0 bridgehead atoms. The van der Waals surface area contributed by atoms with Gasteiger partial charge in [-0.25, -0.2) is 4.98 Å². The number of carbonyl (C=O) groups is 1. The fourth-order valence-electron chi connectivity index (χ4n) is 1.53. The zero-order chi connectivity index (χ0) is 8.72. The molecule has 0 unspecified atom stereocenters. The van der Waals surface area contributed by atoms with Gasteiger partial charge >= 0.3 is 0 Å². The summed E-state index contributed by atoms with van der Waals surface area (Å²) in [5.41, 5.74) is 1.16. The first-order chi connectivity index (χ1) is 5.68. The Bertz CT molecular complexity index is 343.